The minimum atomic E-state index is -2.25. The highest BCUT2D eigenvalue weighted by Crippen LogP contribution is 2.77. The molecule has 284 valence electrons. The molecule has 7 aliphatic rings. The third-order valence-corrected chi connectivity index (χ3v) is 15.5. The maximum atomic E-state index is 13.5. The molecule has 0 aromatic heterocycles. The van der Waals surface area contributed by atoms with Crippen molar-refractivity contribution in [1.82, 2.24) is 4.90 Å². The Morgan fingerprint density at radius 1 is 1.06 bits per heavy atom. The molecule has 0 unspecified atom stereocenters. The first-order valence-corrected chi connectivity index (χ1v) is 18.9. The number of hydrogen-bond acceptors (Lipinski definition) is 13. The molecule has 4 bridgehead atoms. The van der Waals surface area contributed by atoms with Crippen LogP contribution in [0.1, 0.15) is 93.4 Å². The molecule has 3 saturated heterocycles. The lowest BCUT2D eigenvalue weighted by Gasteiger charge is -2.64. The third kappa shape index (κ3) is 4.57. The lowest BCUT2D eigenvalue weighted by atomic mass is 9.49. The van der Waals surface area contributed by atoms with E-state index in [0.717, 1.165) is 26.3 Å². The zero-order valence-corrected chi connectivity index (χ0v) is 30.5. The van der Waals surface area contributed by atoms with Crippen LogP contribution in [0.5, 0.6) is 0 Å². The van der Waals surface area contributed by atoms with Gasteiger partial charge in [-0.2, -0.15) is 0 Å². The highest BCUT2D eigenvalue weighted by atomic mass is 16.7. The maximum Gasteiger partial charge on any atom is 0.341 e. The van der Waals surface area contributed by atoms with Gasteiger partial charge in [0.1, 0.15) is 5.60 Å². The van der Waals surface area contributed by atoms with Crippen LogP contribution >= 0.6 is 0 Å². The van der Waals surface area contributed by atoms with E-state index in [0.29, 0.717) is 25.3 Å². The van der Waals surface area contributed by atoms with E-state index in [2.05, 4.69) is 11.8 Å². The Hall–Kier alpha value is -1.42. The summed E-state index contributed by atoms with van der Waals surface area (Å²) in [6.07, 6.45) is -4.15. The number of aliphatic hydroxyl groups excluding tert-OH is 3. The Labute approximate surface area is 294 Å². The number of aliphatic hydroxyl groups is 7. The van der Waals surface area contributed by atoms with Crippen LogP contribution in [0, 0.1) is 46.8 Å². The zero-order valence-electron chi connectivity index (χ0n) is 30.5. The summed E-state index contributed by atoms with van der Waals surface area (Å²) in [5.41, 5.74) is -7.89. The van der Waals surface area contributed by atoms with Gasteiger partial charge in [-0.1, -0.05) is 27.7 Å². The van der Waals surface area contributed by atoms with Crippen molar-refractivity contribution in [2.45, 2.75) is 158 Å². The Morgan fingerprint density at radius 3 is 2.38 bits per heavy atom. The van der Waals surface area contributed by atoms with E-state index >= 15 is 0 Å². The van der Waals surface area contributed by atoms with Crippen LogP contribution in [0.2, 0.25) is 0 Å². The molecule has 0 aromatic carbocycles. The molecule has 7 rings (SSSR count). The van der Waals surface area contributed by atoms with Gasteiger partial charge in [0, 0.05) is 42.3 Å². The van der Waals surface area contributed by atoms with Gasteiger partial charge in [-0.25, -0.2) is 4.79 Å². The van der Waals surface area contributed by atoms with Crippen LogP contribution < -0.4 is 0 Å². The molecular weight excluding hydrogens is 650 g/mol. The van der Waals surface area contributed by atoms with Crippen molar-refractivity contribution in [3.63, 3.8) is 0 Å². The summed E-state index contributed by atoms with van der Waals surface area (Å²) in [5.74, 6) is -7.78. The Bertz CT molecular complexity index is 1390. The van der Waals surface area contributed by atoms with Crippen LogP contribution in [0.3, 0.4) is 0 Å². The molecule has 13 heteroatoms. The van der Waals surface area contributed by atoms with E-state index < -0.39 is 112 Å². The van der Waals surface area contributed by atoms with Crippen molar-refractivity contribution >= 4 is 11.9 Å². The largest absolute Gasteiger partial charge is 0.456 e. The molecule has 0 amide bonds. The summed E-state index contributed by atoms with van der Waals surface area (Å²) in [5, 5.41) is 83.5. The summed E-state index contributed by atoms with van der Waals surface area (Å²) in [6.45, 7) is 13.1. The number of carbonyl (C=O) groups is 2. The van der Waals surface area contributed by atoms with Crippen molar-refractivity contribution in [2.24, 2.45) is 46.8 Å². The van der Waals surface area contributed by atoms with Gasteiger partial charge in [0.05, 0.1) is 35.4 Å². The summed E-state index contributed by atoms with van der Waals surface area (Å²) in [4.78, 5) is 28.9. The van der Waals surface area contributed by atoms with Crippen LogP contribution in [0.25, 0.3) is 0 Å². The molecule has 4 saturated carbocycles. The van der Waals surface area contributed by atoms with Crippen LogP contribution in [0.15, 0.2) is 0 Å². The van der Waals surface area contributed by atoms with Crippen LogP contribution in [-0.2, 0) is 23.8 Å². The minimum Gasteiger partial charge on any atom is -0.456 e. The van der Waals surface area contributed by atoms with Gasteiger partial charge in [0.25, 0.3) is 0 Å². The SMILES string of the molecule is CC[C@@H](C)C(=O)O[C@H]1[C@H](O)[C@@H]2[C@H](CN3C[C@H](C)CC[C@@H]3[C@@]2(C)O)[C@@H]2C[C@@]34O[C@@]5(O)[C@@H](C[C@H](O)[C@H]3[C@@]21O)[C@]4(C)CC[C@H]5OC(=O)[C@](C)(O)[C@H](C)O. The fourth-order valence-electron chi connectivity index (χ4n) is 12.5. The molecular formula is C37H59NO12. The molecule has 19 atom stereocenters. The van der Waals surface area contributed by atoms with E-state index in [1.165, 1.54) is 6.92 Å². The zero-order chi connectivity index (χ0) is 36.7. The van der Waals surface area contributed by atoms with Gasteiger partial charge in [-0.3, -0.25) is 9.69 Å². The molecule has 0 radical (unpaired) electrons. The molecule has 7 fully saturated rings. The monoisotopic (exact) mass is 709 g/mol. The first-order chi connectivity index (χ1) is 23.1. The molecule has 4 aliphatic carbocycles. The molecule has 0 aromatic rings. The number of esters is 2. The minimum absolute atomic E-state index is 0.0328. The van der Waals surface area contributed by atoms with E-state index in [9.17, 15) is 45.3 Å². The molecule has 3 aliphatic heterocycles. The smallest absolute Gasteiger partial charge is 0.341 e. The third-order valence-electron chi connectivity index (χ3n) is 15.5. The second-order valence-corrected chi connectivity index (χ2v) is 18.2. The molecule has 13 nitrogen and oxygen atoms in total. The van der Waals surface area contributed by atoms with Gasteiger partial charge in [-0.15, -0.1) is 0 Å². The van der Waals surface area contributed by atoms with Gasteiger partial charge in [0.15, 0.2) is 17.8 Å². The average Bonchev–Trinajstić information content (AvgIpc) is 3.31. The van der Waals surface area contributed by atoms with Gasteiger partial charge in [0.2, 0.25) is 5.79 Å². The number of ether oxygens (including phenoxy) is 3. The lowest BCUT2D eigenvalue weighted by Crippen LogP contribution is -2.77. The normalized spacial score (nSPS) is 54.6. The van der Waals surface area contributed by atoms with Crippen molar-refractivity contribution < 1.29 is 59.5 Å². The number of rotatable bonds is 6. The molecule has 7 N–H and O–H groups in total. The number of carbonyl (C=O) groups excluding carboxylic acids is 2. The van der Waals surface area contributed by atoms with Crippen molar-refractivity contribution in [2.75, 3.05) is 13.1 Å². The number of piperidine rings is 2. The summed E-state index contributed by atoms with van der Waals surface area (Å²) in [7, 11) is 0. The number of hydrogen-bond donors (Lipinski definition) is 7. The van der Waals surface area contributed by atoms with Crippen LogP contribution in [-0.4, -0.2) is 130 Å². The number of nitrogens with zero attached hydrogens (tertiary/aromatic N) is 1. The maximum absolute atomic E-state index is 13.5. The van der Waals surface area contributed by atoms with E-state index in [1.54, 1.807) is 13.8 Å². The Balaban J connectivity index is 1.34. The highest BCUT2D eigenvalue weighted by molar-refractivity contribution is 5.79. The predicted molar refractivity (Wildman–Crippen MR) is 176 cm³/mol. The fraction of sp³-hybridized carbons (Fsp3) is 0.946. The second-order valence-electron chi connectivity index (χ2n) is 18.2. The topological polar surface area (TPSA) is 207 Å². The standard InChI is InChI=1S/C37H59NO12/c1-8-18(3)30(42)49-29-27(41)26-20(16-38-15-17(2)9-10-24(38)34(26,7)45)21-14-35-28(36(21,29)46)22(40)13-23-32(35,5)12-11-25(37(23,47)50-35)48-31(43)33(6,44)19(4)39/h17-29,39-41,44-47H,8-16H2,1-7H3/t17-,18-,19+,20-,21+,22+,23+,24-,25-,26+,27-,28-,29+,32+,33-,34-,35-,36+,37+/m1/s1. The quantitative estimate of drug-likeness (QED) is 0.188. The number of fused-ring (bicyclic) bond motifs is 5. The highest BCUT2D eigenvalue weighted by Gasteiger charge is 2.87. The molecule has 50 heavy (non-hydrogen) atoms. The van der Waals surface area contributed by atoms with Gasteiger partial charge >= 0.3 is 11.9 Å². The first kappa shape index (κ1) is 36.9. The molecule has 1 spiro atoms. The molecule has 3 heterocycles. The van der Waals surface area contributed by atoms with Crippen molar-refractivity contribution in [3.8, 4) is 0 Å². The van der Waals surface area contributed by atoms with Crippen molar-refractivity contribution in [3.05, 3.63) is 0 Å². The van der Waals surface area contributed by atoms with E-state index in [-0.39, 0.29) is 25.3 Å². The lowest BCUT2D eigenvalue weighted by molar-refractivity contribution is -0.300. The average molecular weight is 710 g/mol. The van der Waals surface area contributed by atoms with E-state index in [1.807, 2.05) is 13.8 Å². The Kier molecular flexibility index (Phi) is 8.52. The van der Waals surface area contributed by atoms with E-state index in [4.69, 9.17) is 14.2 Å². The first-order valence-electron chi connectivity index (χ1n) is 18.9. The van der Waals surface area contributed by atoms with Crippen molar-refractivity contribution in [1.29, 1.82) is 0 Å². The summed E-state index contributed by atoms with van der Waals surface area (Å²) in [6, 6.07) is -0.238. The Morgan fingerprint density at radius 2 is 1.74 bits per heavy atom. The summed E-state index contributed by atoms with van der Waals surface area (Å²) < 4.78 is 18.7. The second kappa shape index (κ2) is 11.5. The fourth-order valence-corrected chi connectivity index (χ4v) is 12.5. The summed E-state index contributed by atoms with van der Waals surface area (Å²) >= 11 is 0. The van der Waals surface area contributed by atoms with Gasteiger partial charge in [-0.05, 0) is 83.5 Å². The predicted octanol–water partition coefficient (Wildman–Crippen LogP) is 0.466. The van der Waals surface area contributed by atoms with Crippen LogP contribution in [0.4, 0.5) is 0 Å². The van der Waals surface area contributed by atoms with Gasteiger partial charge < -0.3 is 50.0 Å².